The van der Waals surface area contributed by atoms with Crippen LogP contribution in [0.1, 0.15) is 45.2 Å². The van der Waals surface area contributed by atoms with E-state index < -0.39 is 30.1 Å². The lowest BCUT2D eigenvalue weighted by atomic mass is 9.96. The Morgan fingerprint density at radius 2 is 1.64 bits per heavy atom. The van der Waals surface area contributed by atoms with Gasteiger partial charge >= 0.3 is 0 Å². The molecule has 2 aromatic carbocycles. The van der Waals surface area contributed by atoms with E-state index in [0.717, 1.165) is 11.1 Å². The van der Waals surface area contributed by atoms with Crippen molar-refractivity contribution >= 4 is 23.8 Å². The first-order valence-electron chi connectivity index (χ1n) is 13.6. The number of benzene rings is 2. The van der Waals surface area contributed by atoms with Gasteiger partial charge in [-0.25, -0.2) is 0 Å². The standard InChI is InChI=1S/C31H42N4O4/c1-20(2)18-25-29(36)32-17-16-22-12-14-24(15-13-22)39-28(21(3)4)27(31(38)33-25)34-30(37)26(35(5)6)19-23-10-8-7-9-11-23/h7-17,20-21,25-28H,18-19H2,1-6H3,(H,32,36)(H,33,38)(H,34,37)/t25-,26-,27-,28?/m1/s1. The zero-order valence-electron chi connectivity index (χ0n) is 23.8. The summed E-state index contributed by atoms with van der Waals surface area (Å²) in [6, 6.07) is 14.8. The maximum atomic E-state index is 13.9. The fourth-order valence-electron chi connectivity index (χ4n) is 4.58. The second kappa shape index (κ2) is 13.9. The van der Waals surface area contributed by atoms with E-state index in [1.807, 2.05) is 101 Å². The summed E-state index contributed by atoms with van der Waals surface area (Å²) in [5, 5.41) is 8.70. The van der Waals surface area contributed by atoms with Gasteiger partial charge in [0.15, 0.2) is 0 Å². The number of ether oxygens (including phenoxy) is 1. The predicted molar refractivity (Wildman–Crippen MR) is 154 cm³/mol. The van der Waals surface area contributed by atoms with E-state index in [0.29, 0.717) is 18.6 Å². The van der Waals surface area contributed by atoms with Crippen LogP contribution in [0.4, 0.5) is 0 Å². The van der Waals surface area contributed by atoms with Gasteiger partial charge in [-0.15, -0.1) is 0 Å². The summed E-state index contributed by atoms with van der Waals surface area (Å²) in [7, 11) is 3.69. The lowest BCUT2D eigenvalue weighted by molar-refractivity contribution is -0.136. The largest absolute Gasteiger partial charge is 0.487 e. The minimum Gasteiger partial charge on any atom is -0.487 e. The SMILES string of the molecule is CC(C)C[C@H]1NC(=O)[C@H](NC(=O)[C@@H](Cc2ccccc2)N(C)C)C(C(C)C)Oc2ccc(cc2)C=CNC1=O. The van der Waals surface area contributed by atoms with Gasteiger partial charge in [0.1, 0.15) is 23.9 Å². The van der Waals surface area contributed by atoms with Crippen molar-refractivity contribution in [2.24, 2.45) is 11.8 Å². The number of amides is 3. The highest BCUT2D eigenvalue weighted by atomic mass is 16.5. The molecule has 4 atom stereocenters. The van der Waals surface area contributed by atoms with Gasteiger partial charge in [-0.05, 0) is 68.1 Å². The molecule has 2 bridgehead atoms. The lowest BCUT2D eigenvalue weighted by Crippen LogP contribution is -2.62. The molecule has 3 N–H and O–H groups in total. The number of carbonyl (C=O) groups excluding carboxylic acids is 3. The van der Waals surface area contributed by atoms with Gasteiger partial charge in [-0.2, -0.15) is 0 Å². The molecule has 3 amide bonds. The molecule has 0 radical (unpaired) electrons. The van der Waals surface area contributed by atoms with Crippen LogP contribution in [0.5, 0.6) is 5.75 Å². The van der Waals surface area contributed by atoms with Crippen LogP contribution in [0.3, 0.4) is 0 Å². The second-order valence-electron chi connectivity index (χ2n) is 11.1. The lowest BCUT2D eigenvalue weighted by Gasteiger charge is -2.34. The second-order valence-corrected chi connectivity index (χ2v) is 11.1. The van der Waals surface area contributed by atoms with Gasteiger partial charge in [0.25, 0.3) is 0 Å². The van der Waals surface area contributed by atoms with Crippen molar-refractivity contribution in [1.29, 1.82) is 0 Å². The highest BCUT2D eigenvalue weighted by Crippen LogP contribution is 2.21. The summed E-state index contributed by atoms with van der Waals surface area (Å²) in [6.07, 6.45) is 3.61. The molecule has 0 saturated heterocycles. The highest BCUT2D eigenvalue weighted by molar-refractivity contribution is 5.94. The third-order valence-corrected chi connectivity index (χ3v) is 6.76. The van der Waals surface area contributed by atoms with E-state index in [-0.39, 0.29) is 23.7 Å². The van der Waals surface area contributed by atoms with Crippen LogP contribution in [0, 0.1) is 11.8 Å². The number of nitrogens with zero attached hydrogens (tertiary/aromatic N) is 1. The number of nitrogens with one attached hydrogen (secondary N) is 3. The molecule has 4 rings (SSSR count). The minimum absolute atomic E-state index is 0.127. The fourth-order valence-corrected chi connectivity index (χ4v) is 4.58. The molecule has 0 saturated carbocycles. The molecule has 0 aliphatic carbocycles. The van der Waals surface area contributed by atoms with Gasteiger partial charge in [-0.1, -0.05) is 70.2 Å². The molecule has 2 heterocycles. The van der Waals surface area contributed by atoms with Crippen LogP contribution in [-0.4, -0.2) is 60.9 Å². The van der Waals surface area contributed by atoms with Gasteiger partial charge in [0, 0.05) is 6.20 Å². The smallest absolute Gasteiger partial charge is 0.247 e. The van der Waals surface area contributed by atoms with E-state index >= 15 is 0 Å². The summed E-state index contributed by atoms with van der Waals surface area (Å²) in [5.41, 5.74) is 1.91. The first-order valence-corrected chi connectivity index (χ1v) is 13.6. The van der Waals surface area contributed by atoms with Crippen molar-refractivity contribution in [3.8, 4) is 5.75 Å². The minimum atomic E-state index is -1.03. The van der Waals surface area contributed by atoms with Crippen LogP contribution in [0.15, 0.2) is 60.8 Å². The van der Waals surface area contributed by atoms with Crippen LogP contribution < -0.4 is 20.7 Å². The van der Waals surface area contributed by atoms with E-state index in [1.165, 1.54) is 0 Å². The molecule has 0 aromatic heterocycles. The maximum absolute atomic E-state index is 13.9. The molecule has 2 aliphatic rings. The van der Waals surface area contributed by atoms with Crippen molar-refractivity contribution in [1.82, 2.24) is 20.9 Å². The third-order valence-electron chi connectivity index (χ3n) is 6.76. The molecule has 2 aliphatic heterocycles. The summed E-state index contributed by atoms with van der Waals surface area (Å²) in [4.78, 5) is 42.5. The van der Waals surface area contributed by atoms with Gasteiger partial charge < -0.3 is 20.7 Å². The Bertz CT molecular complexity index is 1130. The molecular weight excluding hydrogens is 492 g/mol. The van der Waals surface area contributed by atoms with Crippen molar-refractivity contribution in [2.45, 2.75) is 64.8 Å². The highest BCUT2D eigenvalue weighted by Gasteiger charge is 2.38. The number of hydrogen-bond acceptors (Lipinski definition) is 5. The predicted octanol–water partition coefficient (Wildman–Crippen LogP) is 3.38. The molecule has 2 aromatic rings. The Labute approximate surface area is 232 Å². The summed E-state index contributed by atoms with van der Waals surface area (Å²) < 4.78 is 6.35. The zero-order valence-corrected chi connectivity index (χ0v) is 23.8. The van der Waals surface area contributed by atoms with Crippen LogP contribution in [0.25, 0.3) is 6.08 Å². The first-order chi connectivity index (χ1) is 18.5. The number of fused-ring (bicyclic) bond motifs is 10. The molecular formula is C31H42N4O4. The summed E-state index contributed by atoms with van der Waals surface area (Å²) >= 11 is 0. The van der Waals surface area contributed by atoms with E-state index in [2.05, 4.69) is 16.0 Å². The Morgan fingerprint density at radius 1 is 0.974 bits per heavy atom. The van der Waals surface area contributed by atoms with E-state index in [1.54, 1.807) is 12.3 Å². The average molecular weight is 535 g/mol. The molecule has 0 fully saturated rings. The van der Waals surface area contributed by atoms with Crippen LogP contribution in [-0.2, 0) is 20.8 Å². The van der Waals surface area contributed by atoms with E-state index in [9.17, 15) is 14.4 Å². The van der Waals surface area contributed by atoms with Crippen molar-refractivity contribution in [3.63, 3.8) is 0 Å². The summed E-state index contributed by atoms with van der Waals surface area (Å²) in [6.45, 7) is 7.88. The van der Waals surface area contributed by atoms with E-state index in [4.69, 9.17) is 4.74 Å². The topological polar surface area (TPSA) is 99.8 Å². The fraction of sp³-hybridized carbons (Fsp3) is 0.452. The molecule has 8 heteroatoms. The Balaban J connectivity index is 1.98. The molecule has 210 valence electrons. The summed E-state index contributed by atoms with van der Waals surface area (Å²) in [5.74, 6) is -0.446. The van der Waals surface area contributed by atoms with Crippen molar-refractivity contribution < 1.29 is 19.1 Å². The first kappa shape index (κ1) is 29.9. The molecule has 39 heavy (non-hydrogen) atoms. The van der Waals surface area contributed by atoms with Crippen molar-refractivity contribution in [3.05, 3.63) is 71.9 Å². The maximum Gasteiger partial charge on any atom is 0.247 e. The average Bonchev–Trinajstić information content (AvgIpc) is 2.89. The molecule has 0 spiro atoms. The normalized spacial score (nSPS) is 20.8. The zero-order chi connectivity index (χ0) is 28.5. The molecule has 1 unspecified atom stereocenters. The molecule has 8 nitrogen and oxygen atoms in total. The number of hydrogen-bond donors (Lipinski definition) is 3. The number of carbonyl (C=O) groups is 3. The Morgan fingerprint density at radius 3 is 2.23 bits per heavy atom. The Kier molecular flexibility index (Phi) is 10.7. The Hall–Kier alpha value is -3.65. The van der Waals surface area contributed by atoms with Gasteiger partial charge in [0.05, 0.1) is 6.04 Å². The van der Waals surface area contributed by atoms with Crippen LogP contribution >= 0.6 is 0 Å². The van der Waals surface area contributed by atoms with Crippen LogP contribution in [0.2, 0.25) is 0 Å². The monoisotopic (exact) mass is 534 g/mol. The number of likely N-dealkylation sites (N-methyl/N-ethyl adjacent to an activating group) is 1. The number of rotatable bonds is 8. The quantitative estimate of drug-likeness (QED) is 0.482. The van der Waals surface area contributed by atoms with Crippen molar-refractivity contribution in [2.75, 3.05) is 14.1 Å². The van der Waals surface area contributed by atoms with Gasteiger partial charge in [-0.3, -0.25) is 19.3 Å². The third kappa shape index (κ3) is 8.68. The van der Waals surface area contributed by atoms with Gasteiger partial charge in [0.2, 0.25) is 17.7 Å².